The van der Waals surface area contributed by atoms with Crippen molar-refractivity contribution in [2.24, 2.45) is 0 Å². The number of ether oxygens (including phenoxy) is 1. The van der Waals surface area contributed by atoms with Crippen LogP contribution in [0.2, 0.25) is 0 Å². The molecule has 0 heterocycles. The molecule has 0 fully saturated rings. The summed E-state index contributed by atoms with van der Waals surface area (Å²) in [5.41, 5.74) is 1.47. The summed E-state index contributed by atoms with van der Waals surface area (Å²) in [4.78, 5) is 14.1. The molecule has 4 nitrogen and oxygen atoms in total. The van der Waals surface area contributed by atoms with Gasteiger partial charge in [0.05, 0.1) is 19.3 Å². The van der Waals surface area contributed by atoms with E-state index in [1.54, 1.807) is 4.90 Å². The Kier molecular flexibility index (Phi) is 6.59. The minimum absolute atomic E-state index is 0.192. The van der Waals surface area contributed by atoms with Crippen molar-refractivity contribution in [3.05, 3.63) is 71.8 Å². The average molecular weight is 341 g/mol. The molecule has 0 spiro atoms. The van der Waals surface area contributed by atoms with Crippen molar-refractivity contribution in [1.29, 1.82) is 0 Å². The van der Waals surface area contributed by atoms with Crippen molar-refractivity contribution in [1.82, 2.24) is 4.90 Å². The first-order valence-corrected chi connectivity index (χ1v) is 8.59. The first-order valence-electron chi connectivity index (χ1n) is 8.59. The monoisotopic (exact) mass is 341 g/mol. The molecule has 0 radical (unpaired) electrons. The lowest BCUT2D eigenvalue weighted by Gasteiger charge is -2.36. The fourth-order valence-electron chi connectivity index (χ4n) is 2.55. The normalized spacial score (nSPS) is 12.5. The highest BCUT2D eigenvalue weighted by molar-refractivity contribution is 5.68. The molecule has 0 bridgehead atoms. The molecule has 4 heteroatoms. The SMILES string of the molecule is CC(C)(C)N(CC(O)c1ccccc1)C(=O)OCCc1ccccc1. The zero-order chi connectivity index (χ0) is 18.3. The van der Waals surface area contributed by atoms with Crippen LogP contribution in [-0.2, 0) is 11.2 Å². The van der Waals surface area contributed by atoms with Crippen LogP contribution >= 0.6 is 0 Å². The van der Waals surface area contributed by atoms with Crippen LogP contribution in [0.1, 0.15) is 38.0 Å². The molecular formula is C21H27NO3. The predicted octanol–water partition coefficient (Wildman–Crippen LogP) is 4.20. The molecule has 134 valence electrons. The molecule has 1 amide bonds. The van der Waals surface area contributed by atoms with E-state index in [1.165, 1.54) is 0 Å². The Morgan fingerprint density at radius 1 is 1.04 bits per heavy atom. The van der Waals surface area contributed by atoms with Gasteiger partial charge in [-0.3, -0.25) is 0 Å². The van der Waals surface area contributed by atoms with Crippen molar-refractivity contribution in [3.63, 3.8) is 0 Å². The van der Waals surface area contributed by atoms with Crippen LogP contribution in [0.15, 0.2) is 60.7 Å². The Bertz CT molecular complexity index is 650. The average Bonchev–Trinajstić information content (AvgIpc) is 2.60. The molecule has 0 aromatic heterocycles. The van der Waals surface area contributed by atoms with Gasteiger partial charge in [-0.25, -0.2) is 4.79 Å². The number of carbonyl (C=O) groups is 1. The molecule has 2 rings (SSSR count). The van der Waals surface area contributed by atoms with E-state index in [-0.39, 0.29) is 6.54 Å². The van der Waals surface area contributed by atoms with E-state index in [1.807, 2.05) is 81.4 Å². The Labute approximate surface area is 150 Å². The zero-order valence-electron chi connectivity index (χ0n) is 15.2. The van der Waals surface area contributed by atoms with Gasteiger partial charge in [-0.15, -0.1) is 0 Å². The van der Waals surface area contributed by atoms with Gasteiger partial charge in [0.1, 0.15) is 0 Å². The van der Waals surface area contributed by atoms with Gasteiger partial charge in [-0.2, -0.15) is 0 Å². The Hall–Kier alpha value is -2.33. The number of aliphatic hydroxyl groups is 1. The molecule has 0 saturated carbocycles. The van der Waals surface area contributed by atoms with E-state index in [9.17, 15) is 9.90 Å². The highest BCUT2D eigenvalue weighted by Gasteiger charge is 2.30. The fourth-order valence-corrected chi connectivity index (χ4v) is 2.55. The summed E-state index contributed by atoms with van der Waals surface area (Å²) in [7, 11) is 0. The van der Waals surface area contributed by atoms with Crippen molar-refractivity contribution >= 4 is 6.09 Å². The quantitative estimate of drug-likeness (QED) is 0.857. The number of amides is 1. The van der Waals surface area contributed by atoms with Gasteiger partial charge >= 0.3 is 6.09 Å². The number of nitrogens with zero attached hydrogens (tertiary/aromatic N) is 1. The van der Waals surface area contributed by atoms with E-state index >= 15 is 0 Å². The minimum Gasteiger partial charge on any atom is -0.449 e. The molecule has 0 saturated heterocycles. The van der Waals surface area contributed by atoms with E-state index in [4.69, 9.17) is 4.74 Å². The molecule has 0 aliphatic rings. The lowest BCUT2D eigenvalue weighted by Crippen LogP contribution is -2.48. The van der Waals surface area contributed by atoms with Gasteiger partial charge in [-0.1, -0.05) is 60.7 Å². The lowest BCUT2D eigenvalue weighted by atomic mass is 10.0. The van der Waals surface area contributed by atoms with Gasteiger partial charge in [0.25, 0.3) is 0 Å². The Morgan fingerprint density at radius 2 is 1.60 bits per heavy atom. The molecule has 1 unspecified atom stereocenters. The second kappa shape index (κ2) is 8.67. The van der Waals surface area contributed by atoms with Gasteiger partial charge < -0.3 is 14.7 Å². The summed E-state index contributed by atoms with van der Waals surface area (Å²) >= 11 is 0. The topological polar surface area (TPSA) is 49.8 Å². The second-order valence-corrected chi connectivity index (χ2v) is 7.06. The van der Waals surface area contributed by atoms with Crippen molar-refractivity contribution in [2.75, 3.05) is 13.2 Å². The van der Waals surface area contributed by atoms with Crippen LogP contribution in [0.5, 0.6) is 0 Å². The van der Waals surface area contributed by atoms with Crippen LogP contribution in [-0.4, -0.2) is 34.8 Å². The maximum atomic E-state index is 12.5. The number of hydrogen-bond donors (Lipinski definition) is 1. The third-order valence-corrected chi connectivity index (χ3v) is 4.03. The standard InChI is InChI=1S/C21H27NO3/c1-21(2,3)22(16-19(23)18-12-8-5-9-13-18)20(24)25-15-14-17-10-6-4-7-11-17/h4-13,19,23H,14-16H2,1-3H3. The van der Waals surface area contributed by atoms with E-state index < -0.39 is 17.7 Å². The van der Waals surface area contributed by atoms with Crippen molar-refractivity contribution in [3.8, 4) is 0 Å². The summed E-state index contributed by atoms with van der Waals surface area (Å²) in [5, 5.41) is 10.5. The van der Waals surface area contributed by atoms with Crippen LogP contribution in [0, 0.1) is 0 Å². The summed E-state index contributed by atoms with van der Waals surface area (Å²) in [5.74, 6) is 0. The number of β-amino-alcohol motifs (C(OH)–C–C–N with tert-alkyl or cyclic N) is 1. The van der Waals surface area contributed by atoms with Crippen LogP contribution in [0.3, 0.4) is 0 Å². The minimum atomic E-state index is -0.748. The highest BCUT2D eigenvalue weighted by Crippen LogP contribution is 2.21. The molecule has 2 aromatic carbocycles. The van der Waals surface area contributed by atoms with Crippen LogP contribution in [0.25, 0.3) is 0 Å². The maximum Gasteiger partial charge on any atom is 0.410 e. The Balaban J connectivity index is 1.95. The summed E-state index contributed by atoms with van der Waals surface area (Å²) in [6.07, 6.45) is -0.480. The van der Waals surface area contributed by atoms with Gasteiger partial charge in [0.2, 0.25) is 0 Å². The molecule has 0 aliphatic carbocycles. The number of rotatable bonds is 6. The highest BCUT2D eigenvalue weighted by atomic mass is 16.6. The smallest absolute Gasteiger partial charge is 0.410 e. The predicted molar refractivity (Wildman–Crippen MR) is 99.4 cm³/mol. The summed E-state index contributed by atoms with van der Waals surface area (Å²) in [6.45, 7) is 6.31. The van der Waals surface area contributed by atoms with Crippen LogP contribution < -0.4 is 0 Å². The van der Waals surface area contributed by atoms with Gasteiger partial charge in [-0.05, 0) is 31.9 Å². The molecule has 0 aliphatic heterocycles. The molecule has 2 aromatic rings. The van der Waals surface area contributed by atoms with Gasteiger partial charge in [0.15, 0.2) is 0 Å². The third-order valence-electron chi connectivity index (χ3n) is 4.03. The first-order chi connectivity index (χ1) is 11.9. The first kappa shape index (κ1) is 19.0. The van der Waals surface area contributed by atoms with E-state index in [0.29, 0.717) is 13.0 Å². The zero-order valence-corrected chi connectivity index (χ0v) is 15.2. The lowest BCUT2D eigenvalue weighted by molar-refractivity contribution is 0.0368. The van der Waals surface area contributed by atoms with E-state index in [2.05, 4.69) is 0 Å². The summed E-state index contributed by atoms with van der Waals surface area (Å²) in [6, 6.07) is 19.3. The molecular weight excluding hydrogens is 314 g/mol. The number of aliphatic hydroxyl groups excluding tert-OH is 1. The van der Waals surface area contributed by atoms with Gasteiger partial charge in [0, 0.05) is 12.0 Å². The number of carbonyl (C=O) groups excluding carboxylic acids is 1. The largest absolute Gasteiger partial charge is 0.449 e. The fraction of sp³-hybridized carbons (Fsp3) is 0.381. The van der Waals surface area contributed by atoms with Crippen LogP contribution in [0.4, 0.5) is 4.79 Å². The maximum absolute atomic E-state index is 12.5. The third kappa shape index (κ3) is 5.91. The molecule has 1 N–H and O–H groups in total. The summed E-state index contributed by atoms with van der Waals surface area (Å²) < 4.78 is 5.45. The van der Waals surface area contributed by atoms with Crippen molar-refractivity contribution in [2.45, 2.75) is 38.8 Å². The Morgan fingerprint density at radius 3 is 2.16 bits per heavy atom. The molecule has 25 heavy (non-hydrogen) atoms. The van der Waals surface area contributed by atoms with E-state index in [0.717, 1.165) is 11.1 Å². The van der Waals surface area contributed by atoms with Crippen molar-refractivity contribution < 1.29 is 14.6 Å². The molecule has 1 atom stereocenters. The number of hydrogen-bond acceptors (Lipinski definition) is 3. The second-order valence-electron chi connectivity index (χ2n) is 7.06. The number of benzene rings is 2.